The molecule has 0 radical (unpaired) electrons. The Labute approximate surface area is 164 Å². The van der Waals surface area contributed by atoms with Crippen molar-refractivity contribution >= 4 is 11.8 Å². The normalized spacial score (nSPS) is 13.4. The van der Waals surface area contributed by atoms with E-state index < -0.39 is 5.82 Å². The van der Waals surface area contributed by atoms with Gasteiger partial charge in [-0.3, -0.25) is 9.59 Å². The Morgan fingerprint density at radius 2 is 2.04 bits per heavy atom. The van der Waals surface area contributed by atoms with Gasteiger partial charge in [0.05, 0.1) is 13.2 Å². The highest BCUT2D eigenvalue weighted by atomic mass is 19.1. The molecule has 1 aromatic carbocycles. The molecule has 0 bridgehead atoms. The number of nitrogens with zero attached hydrogens (tertiary/aromatic N) is 3. The number of carbonyl (C=O) groups is 2. The van der Waals surface area contributed by atoms with Crippen LogP contribution < -0.4 is 0 Å². The quantitative estimate of drug-likeness (QED) is 0.664. The molecule has 3 rings (SSSR count). The van der Waals surface area contributed by atoms with Crippen LogP contribution in [0.25, 0.3) is 0 Å². The number of amides is 2. The molecule has 2 aromatic rings. The first kappa shape index (κ1) is 20.1. The van der Waals surface area contributed by atoms with Crippen LogP contribution in [0.4, 0.5) is 4.39 Å². The molecule has 150 valence electrons. The van der Waals surface area contributed by atoms with Gasteiger partial charge in [-0.05, 0) is 43.2 Å². The lowest BCUT2D eigenvalue weighted by Gasteiger charge is -2.28. The first-order valence-corrected chi connectivity index (χ1v) is 9.43. The molecular weight excluding hydrogens is 361 g/mol. The van der Waals surface area contributed by atoms with E-state index in [-0.39, 0.29) is 36.5 Å². The Balaban J connectivity index is 1.73. The van der Waals surface area contributed by atoms with Crippen molar-refractivity contribution in [3.8, 4) is 0 Å². The summed E-state index contributed by atoms with van der Waals surface area (Å²) in [6.45, 7) is 1.02. The summed E-state index contributed by atoms with van der Waals surface area (Å²) >= 11 is 0. The lowest BCUT2D eigenvalue weighted by molar-refractivity contribution is -0.133. The molecule has 1 fully saturated rings. The Morgan fingerprint density at radius 3 is 2.64 bits per heavy atom. The van der Waals surface area contributed by atoms with E-state index in [0.29, 0.717) is 13.2 Å². The van der Waals surface area contributed by atoms with Gasteiger partial charge in [-0.2, -0.15) is 0 Å². The molecule has 0 N–H and O–H groups in total. The predicted molar refractivity (Wildman–Crippen MR) is 103 cm³/mol. The molecular formula is C21H26FN3O3. The maximum absolute atomic E-state index is 13.5. The van der Waals surface area contributed by atoms with Crippen molar-refractivity contribution in [3.63, 3.8) is 0 Å². The summed E-state index contributed by atoms with van der Waals surface area (Å²) < 4.78 is 20.6. The van der Waals surface area contributed by atoms with Crippen molar-refractivity contribution in [3.05, 3.63) is 59.7 Å². The topological polar surface area (TPSA) is 54.8 Å². The summed E-state index contributed by atoms with van der Waals surface area (Å²) in [5.41, 5.74) is 1.27. The van der Waals surface area contributed by atoms with Crippen molar-refractivity contribution in [1.82, 2.24) is 14.4 Å². The van der Waals surface area contributed by atoms with E-state index in [4.69, 9.17) is 4.74 Å². The summed E-state index contributed by atoms with van der Waals surface area (Å²) in [4.78, 5) is 29.2. The molecule has 28 heavy (non-hydrogen) atoms. The second-order valence-electron chi connectivity index (χ2n) is 7.09. The zero-order chi connectivity index (χ0) is 20.1. The van der Waals surface area contributed by atoms with Crippen LogP contribution in [0.15, 0.2) is 42.6 Å². The summed E-state index contributed by atoms with van der Waals surface area (Å²) in [6.07, 6.45) is 3.90. The average Bonchev–Trinajstić information content (AvgIpc) is 3.44. The number of aromatic nitrogens is 1. The minimum absolute atomic E-state index is 0.0559. The third kappa shape index (κ3) is 4.98. The maximum atomic E-state index is 13.5. The van der Waals surface area contributed by atoms with Gasteiger partial charge in [-0.15, -0.1) is 0 Å². The largest absolute Gasteiger partial charge is 0.383 e. The number of rotatable bonds is 9. The molecule has 0 atom stereocenters. The Bertz CT molecular complexity index is 832. The van der Waals surface area contributed by atoms with Crippen LogP contribution in [0.1, 0.15) is 28.9 Å². The number of methoxy groups -OCH3 is 1. The van der Waals surface area contributed by atoms with Gasteiger partial charge >= 0.3 is 0 Å². The van der Waals surface area contributed by atoms with Crippen LogP contribution in [0, 0.1) is 5.82 Å². The first-order valence-electron chi connectivity index (χ1n) is 9.43. The number of ether oxygens (including phenoxy) is 1. The van der Waals surface area contributed by atoms with E-state index >= 15 is 0 Å². The zero-order valence-electron chi connectivity index (χ0n) is 16.3. The second kappa shape index (κ2) is 9.01. The highest BCUT2D eigenvalue weighted by Crippen LogP contribution is 2.28. The minimum Gasteiger partial charge on any atom is -0.383 e. The highest BCUT2D eigenvalue weighted by molar-refractivity contribution is 5.96. The molecule has 0 aliphatic heterocycles. The molecule has 0 saturated heterocycles. The van der Waals surface area contributed by atoms with Gasteiger partial charge in [0.15, 0.2) is 0 Å². The summed E-state index contributed by atoms with van der Waals surface area (Å²) in [7, 11) is 3.49. The molecule has 0 spiro atoms. The van der Waals surface area contributed by atoms with Gasteiger partial charge in [0.1, 0.15) is 12.4 Å². The number of halogens is 1. The molecule has 6 nitrogen and oxygen atoms in total. The van der Waals surface area contributed by atoms with Crippen molar-refractivity contribution in [2.24, 2.45) is 7.05 Å². The molecule has 7 heteroatoms. The van der Waals surface area contributed by atoms with E-state index in [1.165, 1.54) is 23.1 Å². The number of aryl methyl sites for hydroxylation is 1. The minimum atomic E-state index is -0.479. The molecule has 1 heterocycles. The van der Waals surface area contributed by atoms with Crippen molar-refractivity contribution in [2.75, 3.05) is 26.8 Å². The van der Waals surface area contributed by atoms with Gasteiger partial charge in [-0.1, -0.05) is 6.07 Å². The Kier molecular flexibility index (Phi) is 6.46. The number of benzene rings is 1. The average molecular weight is 387 g/mol. The third-order valence-electron chi connectivity index (χ3n) is 4.94. The predicted octanol–water partition coefficient (Wildman–Crippen LogP) is 2.44. The van der Waals surface area contributed by atoms with Crippen LogP contribution in [0.3, 0.4) is 0 Å². The fraction of sp³-hybridized carbons (Fsp3) is 0.429. The zero-order valence-corrected chi connectivity index (χ0v) is 16.3. The lowest BCUT2D eigenvalue weighted by Crippen LogP contribution is -2.44. The number of hydrogen-bond acceptors (Lipinski definition) is 3. The molecule has 1 aliphatic carbocycles. The molecule has 1 aliphatic rings. The van der Waals surface area contributed by atoms with Crippen LogP contribution in [-0.2, 0) is 23.1 Å². The maximum Gasteiger partial charge on any atom is 0.254 e. The van der Waals surface area contributed by atoms with Gasteiger partial charge in [0, 0.05) is 44.2 Å². The van der Waals surface area contributed by atoms with Crippen LogP contribution >= 0.6 is 0 Å². The first-order chi connectivity index (χ1) is 13.5. The van der Waals surface area contributed by atoms with Crippen LogP contribution in [0.5, 0.6) is 0 Å². The van der Waals surface area contributed by atoms with Crippen LogP contribution in [-0.4, -0.2) is 59.0 Å². The number of hydrogen-bond donors (Lipinski definition) is 0. The third-order valence-corrected chi connectivity index (χ3v) is 4.94. The standard InChI is InChI=1S/C21H26FN3O3/c1-23-10-4-7-19(23)14-25(18-8-9-18)20(26)15-24(11-12-28-2)21(27)16-5-3-6-17(22)13-16/h3-7,10,13,18H,8-9,11-12,14-15H2,1-2H3. The van der Waals surface area contributed by atoms with Gasteiger partial charge in [0.2, 0.25) is 5.91 Å². The Hall–Kier alpha value is -2.67. The van der Waals surface area contributed by atoms with Gasteiger partial charge < -0.3 is 19.1 Å². The van der Waals surface area contributed by atoms with Crippen LogP contribution in [0.2, 0.25) is 0 Å². The lowest BCUT2D eigenvalue weighted by atomic mass is 10.2. The van der Waals surface area contributed by atoms with Crippen molar-refractivity contribution in [1.29, 1.82) is 0 Å². The van der Waals surface area contributed by atoms with E-state index in [2.05, 4.69) is 0 Å². The molecule has 2 amide bonds. The van der Waals surface area contributed by atoms with E-state index in [0.717, 1.165) is 18.5 Å². The van der Waals surface area contributed by atoms with E-state index in [1.54, 1.807) is 13.2 Å². The molecule has 0 unspecified atom stereocenters. The van der Waals surface area contributed by atoms with E-state index in [9.17, 15) is 14.0 Å². The fourth-order valence-electron chi connectivity index (χ4n) is 3.15. The molecule has 1 aromatic heterocycles. The van der Waals surface area contributed by atoms with Crippen molar-refractivity contribution in [2.45, 2.75) is 25.4 Å². The summed E-state index contributed by atoms with van der Waals surface area (Å²) in [6, 6.07) is 9.68. The SMILES string of the molecule is COCCN(CC(=O)N(Cc1cccn1C)C1CC1)C(=O)c1cccc(F)c1. The smallest absolute Gasteiger partial charge is 0.254 e. The number of carbonyl (C=O) groups excluding carboxylic acids is 2. The molecule has 1 saturated carbocycles. The second-order valence-corrected chi connectivity index (χ2v) is 7.09. The van der Waals surface area contributed by atoms with Gasteiger partial charge in [-0.25, -0.2) is 4.39 Å². The summed E-state index contributed by atoms with van der Waals surface area (Å²) in [5, 5.41) is 0. The van der Waals surface area contributed by atoms with E-state index in [1.807, 2.05) is 34.8 Å². The highest BCUT2D eigenvalue weighted by Gasteiger charge is 2.34. The monoisotopic (exact) mass is 387 g/mol. The fourth-order valence-corrected chi connectivity index (χ4v) is 3.15. The summed E-state index contributed by atoms with van der Waals surface area (Å²) in [5.74, 6) is -0.962. The van der Waals surface area contributed by atoms with Gasteiger partial charge in [0.25, 0.3) is 5.91 Å². The Morgan fingerprint density at radius 1 is 1.25 bits per heavy atom. The van der Waals surface area contributed by atoms with Crippen molar-refractivity contribution < 1.29 is 18.7 Å².